The molecule has 0 N–H and O–H groups in total. The number of rotatable bonds is 9. The summed E-state index contributed by atoms with van der Waals surface area (Å²) in [6.07, 6.45) is 5.40. The Bertz CT molecular complexity index is 397. The van der Waals surface area contributed by atoms with Crippen molar-refractivity contribution in [1.29, 1.82) is 0 Å². The van der Waals surface area contributed by atoms with Crippen LogP contribution in [0.3, 0.4) is 0 Å². The van der Waals surface area contributed by atoms with E-state index in [2.05, 4.69) is 19.6 Å². The maximum absolute atomic E-state index is 13.2. The van der Waals surface area contributed by atoms with E-state index in [1.165, 1.54) is 6.42 Å². The summed E-state index contributed by atoms with van der Waals surface area (Å²) in [6, 6.07) is 1.04. The van der Waals surface area contributed by atoms with Gasteiger partial charge < -0.3 is 13.8 Å². The molecule has 0 heterocycles. The van der Waals surface area contributed by atoms with Gasteiger partial charge in [0.1, 0.15) is 0 Å². The Balaban J connectivity index is 2.96. The van der Waals surface area contributed by atoms with E-state index in [-0.39, 0.29) is 0 Å². The van der Waals surface area contributed by atoms with E-state index in [4.69, 9.17) is 13.8 Å². The fourth-order valence-electron chi connectivity index (χ4n) is 2.52. The second-order valence-corrected chi connectivity index (χ2v) is 14.5. The summed E-state index contributed by atoms with van der Waals surface area (Å²) in [5.41, 5.74) is 1.67. The first-order valence-corrected chi connectivity index (χ1v) is 13.8. The standard InChI is InChI=1S/C16H33O4PSi/c1-6-19-21(17,20-7-2)16(15-11-9-8-10-12-15)18-13-14-22(3,4)5/h6-14H2,1-5H3. The highest BCUT2D eigenvalue weighted by molar-refractivity contribution is 7.58. The zero-order valence-electron chi connectivity index (χ0n) is 14.9. The minimum absolute atomic E-state index is 0.367. The Morgan fingerprint density at radius 3 is 2.05 bits per heavy atom. The minimum Gasteiger partial charge on any atom is -0.486 e. The van der Waals surface area contributed by atoms with Crippen LogP contribution < -0.4 is 0 Å². The fraction of sp³-hybridized carbons (Fsp3) is 0.875. The van der Waals surface area contributed by atoms with Crippen LogP contribution in [0.2, 0.25) is 25.7 Å². The predicted molar refractivity (Wildman–Crippen MR) is 95.1 cm³/mol. The Kier molecular flexibility index (Phi) is 8.40. The van der Waals surface area contributed by atoms with Gasteiger partial charge in [0.25, 0.3) is 0 Å². The van der Waals surface area contributed by atoms with Crippen LogP contribution in [-0.4, -0.2) is 27.9 Å². The van der Waals surface area contributed by atoms with Crippen molar-refractivity contribution in [3.8, 4) is 0 Å². The lowest BCUT2D eigenvalue weighted by molar-refractivity contribution is 0.179. The Morgan fingerprint density at radius 2 is 1.59 bits per heavy atom. The number of allylic oxidation sites excluding steroid dienone is 1. The lowest BCUT2D eigenvalue weighted by Crippen LogP contribution is -2.22. The van der Waals surface area contributed by atoms with Crippen molar-refractivity contribution in [2.24, 2.45) is 0 Å². The van der Waals surface area contributed by atoms with Crippen molar-refractivity contribution in [2.75, 3.05) is 19.8 Å². The van der Waals surface area contributed by atoms with E-state index in [0.717, 1.165) is 37.3 Å². The summed E-state index contributed by atoms with van der Waals surface area (Å²) in [6.45, 7) is 12.0. The van der Waals surface area contributed by atoms with Crippen molar-refractivity contribution in [2.45, 2.75) is 71.6 Å². The van der Waals surface area contributed by atoms with Crippen LogP contribution in [0.1, 0.15) is 46.0 Å². The van der Waals surface area contributed by atoms with Gasteiger partial charge in [-0.05, 0) is 51.1 Å². The van der Waals surface area contributed by atoms with Crippen molar-refractivity contribution >= 4 is 15.7 Å². The summed E-state index contributed by atoms with van der Waals surface area (Å²) < 4.78 is 30.2. The van der Waals surface area contributed by atoms with Crippen LogP contribution in [0, 0.1) is 0 Å². The van der Waals surface area contributed by atoms with Crippen LogP contribution in [0.4, 0.5) is 0 Å². The van der Waals surface area contributed by atoms with E-state index in [0.29, 0.717) is 25.3 Å². The average molecular weight is 348 g/mol. The number of ether oxygens (including phenoxy) is 1. The average Bonchev–Trinajstić information content (AvgIpc) is 2.44. The Hall–Kier alpha value is -0.0931. The van der Waals surface area contributed by atoms with Gasteiger partial charge in [0, 0.05) is 8.07 Å². The molecule has 0 saturated heterocycles. The van der Waals surface area contributed by atoms with Crippen molar-refractivity contribution in [3.05, 3.63) is 11.1 Å². The van der Waals surface area contributed by atoms with Gasteiger partial charge in [0.05, 0.1) is 19.8 Å². The molecule has 0 aliphatic heterocycles. The molecule has 0 radical (unpaired) electrons. The zero-order valence-corrected chi connectivity index (χ0v) is 16.8. The van der Waals surface area contributed by atoms with Crippen molar-refractivity contribution in [1.82, 2.24) is 0 Å². The maximum Gasteiger partial charge on any atom is 0.395 e. The normalized spacial score (nSPS) is 16.7. The molecule has 0 aromatic carbocycles. The molecule has 0 bridgehead atoms. The minimum atomic E-state index is -3.31. The monoisotopic (exact) mass is 348 g/mol. The highest BCUT2D eigenvalue weighted by Crippen LogP contribution is 2.58. The summed E-state index contributed by atoms with van der Waals surface area (Å²) in [7, 11) is -4.50. The lowest BCUT2D eigenvalue weighted by atomic mass is 9.96. The molecule has 0 unspecified atom stereocenters. The summed E-state index contributed by atoms with van der Waals surface area (Å²) in [5, 5.41) is 0. The van der Waals surface area contributed by atoms with Crippen LogP contribution in [0.5, 0.6) is 0 Å². The van der Waals surface area contributed by atoms with Crippen molar-refractivity contribution < 1.29 is 18.3 Å². The van der Waals surface area contributed by atoms with E-state index in [1.54, 1.807) is 0 Å². The van der Waals surface area contributed by atoms with Gasteiger partial charge >= 0.3 is 7.60 Å². The number of hydrogen-bond acceptors (Lipinski definition) is 4. The third-order valence-corrected chi connectivity index (χ3v) is 7.54. The largest absolute Gasteiger partial charge is 0.486 e. The molecule has 1 aliphatic carbocycles. The SMILES string of the molecule is CCOP(=O)(OCC)C(OCC[Si](C)(C)C)=C1CCCCC1. The molecule has 0 spiro atoms. The zero-order chi connectivity index (χ0) is 16.6. The topological polar surface area (TPSA) is 44.8 Å². The van der Waals surface area contributed by atoms with E-state index >= 15 is 0 Å². The molecular formula is C16H33O4PSi. The van der Waals surface area contributed by atoms with Crippen molar-refractivity contribution in [3.63, 3.8) is 0 Å². The summed E-state index contributed by atoms with van der Waals surface area (Å²) >= 11 is 0. The molecule has 0 amide bonds. The molecule has 0 atom stereocenters. The lowest BCUT2D eigenvalue weighted by Gasteiger charge is -2.26. The highest BCUT2D eigenvalue weighted by atomic mass is 31.2. The molecule has 22 heavy (non-hydrogen) atoms. The predicted octanol–water partition coefficient (Wildman–Crippen LogP) is 5.78. The molecule has 1 rings (SSSR count). The molecule has 1 aliphatic rings. The van der Waals surface area contributed by atoms with Gasteiger partial charge in [-0.2, -0.15) is 0 Å². The molecular weight excluding hydrogens is 315 g/mol. The van der Waals surface area contributed by atoms with Crippen LogP contribution >= 0.6 is 7.60 Å². The second kappa shape index (κ2) is 9.26. The first-order chi connectivity index (χ1) is 10.3. The molecule has 1 saturated carbocycles. The Labute approximate surface area is 137 Å². The first-order valence-electron chi connectivity index (χ1n) is 8.57. The summed E-state index contributed by atoms with van der Waals surface area (Å²) in [5.74, 6) is 0. The number of hydrogen-bond donors (Lipinski definition) is 0. The molecule has 0 aromatic rings. The molecule has 0 aromatic heterocycles. The van der Waals surface area contributed by atoms with E-state index in [1.807, 2.05) is 13.8 Å². The molecule has 130 valence electrons. The van der Waals surface area contributed by atoms with Gasteiger partial charge in [0.15, 0.2) is 0 Å². The van der Waals surface area contributed by atoms with Gasteiger partial charge in [0.2, 0.25) is 5.50 Å². The summed E-state index contributed by atoms with van der Waals surface area (Å²) in [4.78, 5) is 0. The van der Waals surface area contributed by atoms with Crippen LogP contribution in [0.25, 0.3) is 0 Å². The fourth-order valence-corrected chi connectivity index (χ4v) is 5.08. The third-order valence-electron chi connectivity index (χ3n) is 3.70. The maximum atomic E-state index is 13.2. The van der Waals surface area contributed by atoms with Gasteiger partial charge in [-0.3, -0.25) is 4.57 Å². The molecule has 1 fully saturated rings. The Morgan fingerprint density at radius 1 is 1.05 bits per heavy atom. The van der Waals surface area contributed by atoms with Gasteiger partial charge in [-0.1, -0.05) is 26.1 Å². The van der Waals surface area contributed by atoms with E-state index < -0.39 is 15.7 Å². The quantitative estimate of drug-likeness (QED) is 0.301. The second-order valence-electron chi connectivity index (χ2n) is 6.96. The smallest absolute Gasteiger partial charge is 0.395 e. The van der Waals surface area contributed by atoms with E-state index in [9.17, 15) is 4.57 Å². The third kappa shape index (κ3) is 6.57. The first kappa shape index (κ1) is 20.0. The van der Waals surface area contributed by atoms with Gasteiger partial charge in [-0.25, -0.2) is 0 Å². The van der Waals surface area contributed by atoms with Gasteiger partial charge in [-0.15, -0.1) is 0 Å². The molecule has 6 heteroatoms. The molecule has 4 nitrogen and oxygen atoms in total. The van der Waals surface area contributed by atoms with Crippen LogP contribution in [0.15, 0.2) is 11.1 Å². The highest BCUT2D eigenvalue weighted by Gasteiger charge is 2.35. The van der Waals surface area contributed by atoms with Crippen LogP contribution in [-0.2, 0) is 18.3 Å².